The van der Waals surface area contributed by atoms with Crippen molar-refractivity contribution in [2.45, 2.75) is 262 Å². The number of carbonyl (C=O) groups excluding carboxylic acids is 1. The van der Waals surface area contributed by atoms with Crippen molar-refractivity contribution in [3.63, 3.8) is 0 Å². The number of allylic oxidation sites excluding steroid dienone is 3. The second-order valence-electron chi connectivity index (χ2n) is 17.5. The highest BCUT2D eigenvalue weighted by Gasteiger charge is 2.48. The first-order chi connectivity index (χ1) is 29.9. The third-order valence-electron chi connectivity index (χ3n) is 11.8. The first-order valence-electron chi connectivity index (χ1n) is 24.8. The molecule has 0 aromatic carbocycles. The molecule has 1 saturated heterocycles. The summed E-state index contributed by atoms with van der Waals surface area (Å²) >= 11 is 0. The number of aliphatic hydroxyl groups excluding tert-OH is 5. The van der Waals surface area contributed by atoms with Crippen LogP contribution in [0.4, 0.5) is 0 Å². The third-order valence-corrected chi connectivity index (χ3v) is 12.3. The first kappa shape index (κ1) is 58.6. The van der Waals surface area contributed by atoms with Crippen molar-refractivity contribution < 1.29 is 57.0 Å². The maximum Gasteiger partial charge on any atom is 0.397 e. The maximum absolute atomic E-state index is 13.1. The maximum atomic E-state index is 13.1. The van der Waals surface area contributed by atoms with Crippen molar-refractivity contribution in [2.75, 3.05) is 13.2 Å². The van der Waals surface area contributed by atoms with E-state index in [1.54, 1.807) is 6.08 Å². The van der Waals surface area contributed by atoms with E-state index in [1.807, 2.05) is 0 Å². The van der Waals surface area contributed by atoms with Gasteiger partial charge in [-0.15, -0.1) is 0 Å². The lowest BCUT2D eigenvalue weighted by Crippen LogP contribution is -2.61. The minimum atomic E-state index is -5.12. The highest BCUT2D eigenvalue weighted by atomic mass is 32.3. The Balaban J connectivity index is 2.57. The summed E-state index contributed by atoms with van der Waals surface area (Å²) in [5.74, 6) is -0.710. The van der Waals surface area contributed by atoms with E-state index >= 15 is 0 Å². The van der Waals surface area contributed by atoms with Gasteiger partial charge in [-0.2, -0.15) is 8.42 Å². The Kier molecular flexibility index (Phi) is 36.6. The van der Waals surface area contributed by atoms with Crippen molar-refractivity contribution in [3.05, 3.63) is 24.3 Å². The molecule has 1 heterocycles. The zero-order valence-corrected chi connectivity index (χ0v) is 39.6. The van der Waals surface area contributed by atoms with Gasteiger partial charge in [0, 0.05) is 0 Å². The minimum Gasteiger partial charge on any atom is -0.394 e. The molecule has 0 aromatic heterocycles. The number of ether oxygens (including phenoxy) is 2. The highest BCUT2D eigenvalue weighted by molar-refractivity contribution is 7.80. The van der Waals surface area contributed by atoms with Crippen LogP contribution in [0.15, 0.2) is 24.3 Å². The van der Waals surface area contributed by atoms with Gasteiger partial charge in [-0.3, -0.25) is 9.35 Å². The minimum absolute atomic E-state index is 0.240. The summed E-state index contributed by atoms with van der Waals surface area (Å²) in [6.07, 6.45) is 32.6. The molecule has 1 aliphatic rings. The number of aliphatic hydroxyl groups is 5. The molecule has 1 rings (SSSR count). The van der Waals surface area contributed by atoms with Gasteiger partial charge in [0.05, 0.1) is 25.4 Å². The van der Waals surface area contributed by atoms with Gasteiger partial charge in [0.2, 0.25) is 5.91 Å². The molecule has 7 N–H and O–H groups in total. The van der Waals surface area contributed by atoms with Gasteiger partial charge in [0.15, 0.2) is 6.29 Å². The van der Waals surface area contributed by atoms with Crippen LogP contribution in [0.5, 0.6) is 0 Å². The summed E-state index contributed by atoms with van der Waals surface area (Å²) < 4.78 is 47.6. The van der Waals surface area contributed by atoms with E-state index in [0.717, 1.165) is 38.5 Å². The molecule has 8 atom stereocenters. The highest BCUT2D eigenvalue weighted by Crippen LogP contribution is 2.26. The van der Waals surface area contributed by atoms with E-state index in [-0.39, 0.29) is 6.42 Å². The Morgan fingerprint density at radius 3 is 1.55 bits per heavy atom. The molecule has 1 aliphatic heterocycles. The average molecular weight is 906 g/mol. The Labute approximate surface area is 376 Å². The molecule has 0 saturated carbocycles. The normalized spacial score (nSPS) is 21.2. The molecule has 0 radical (unpaired) electrons. The van der Waals surface area contributed by atoms with Crippen LogP contribution in [0, 0.1) is 0 Å². The number of unbranched alkanes of at least 4 members (excludes halogenated alkanes) is 27. The largest absolute Gasteiger partial charge is 0.397 e. The quantitative estimate of drug-likeness (QED) is 0.0174. The Hall–Kier alpha value is -1.46. The lowest BCUT2D eigenvalue weighted by molar-refractivity contribution is -0.298. The molecule has 13 nitrogen and oxygen atoms in total. The summed E-state index contributed by atoms with van der Waals surface area (Å²) in [6, 6.07) is -1.13. The molecule has 62 heavy (non-hydrogen) atoms. The van der Waals surface area contributed by atoms with Gasteiger partial charge < -0.3 is 40.3 Å². The summed E-state index contributed by atoms with van der Waals surface area (Å²) in [7, 11) is -5.12. The molecule has 8 unspecified atom stereocenters. The molecule has 14 heteroatoms. The van der Waals surface area contributed by atoms with Crippen molar-refractivity contribution in [3.8, 4) is 0 Å². The lowest BCUT2D eigenvalue weighted by Gasteiger charge is -2.41. The summed E-state index contributed by atoms with van der Waals surface area (Å²) in [6.45, 7) is 3.22. The summed E-state index contributed by atoms with van der Waals surface area (Å²) in [5.41, 5.74) is 0. The molecule has 0 spiro atoms. The van der Waals surface area contributed by atoms with Crippen molar-refractivity contribution in [2.24, 2.45) is 0 Å². The molecule has 0 bridgehead atoms. The van der Waals surface area contributed by atoms with Gasteiger partial charge in [0.25, 0.3) is 0 Å². The molecule has 0 aliphatic carbocycles. The second-order valence-corrected chi connectivity index (χ2v) is 18.6. The van der Waals surface area contributed by atoms with Gasteiger partial charge in [-0.05, 0) is 32.1 Å². The SMILES string of the molecule is CCCCCCCCCCCCCC/C=C/CC/C=C/C(O)C(COC1OC(CO)C(O)C(OS(=O)(=O)O)C1O)NC(=O)C(O)CCCCCCCCCCCCCCCCC. The summed E-state index contributed by atoms with van der Waals surface area (Å²) in [5, 5.41) is 55.3. The lowest BCUT2D eigenvalue weighted by atomic mass is 9.99. The van der Waals surface area contributed by atoms with Crippen LogP contribution in [0.1, 0.15) is 213 Å². The second kappa shape index (κ2) is 38.8. The smallest absolute Gasteiger partial charge is 0.394 e. The van der Waals surface area contributed by atoms with Crippen molar-refractivity contribution in [1.82, 2.24) is 5.32 Å². The van der Waals surface area contributed by atoms with Crippen LogP contribution < -0.4 is 5.32 Å². The Morgan fingerprint density at radius 1 is 0.645 bits per heavy atom. The van der Waals surface area contributed by atoms with Crippen LogP contribution in [-0.4, -0.2) is 107 Å². The Morgan fingerprint density at radius 2 is 1.08 bits per heavy atom. The Bertz CT molecular complexity index is 1220. The van der Waals surface area contributed by atoms with Gasteiger partial charge >= 0.3 is 10.4 Å². The monoisotopic (exact) mass is 906 g/mol. The molecule has 0 aromatic rings. The van der Waals surface area contributed by atoms with Gasteiger partial charge in [0.1, 0.15) is 30.5 Å². The number of amides is 1. The number of nitrogens with one attached hydrogen (secondary N) is 1. The number of carbonyl (C=O) groups is 1. The molecule has 1 fully saturated rings. The van der Waals surface area contributed by atoms with E-state index in [2.05, 4.69) is 35.5 Å². The fraction of sp³-hybridized carbons (Fsp3) is 0.896. The van der Waals surface area contributed by atoms with E-state index in [0.29, 0.717) is 12.8 Å². The van der Waals surface area contributed by atoms with E-state index in [9.17, 15) is 43.3 Å². The van der Waals surface area contributed by atoms with Crippen LogP contribution in [0.3, 0.4) is 0 Å². The van der Waals surface area contributed by atoms with E-state index < -0.39 is 78.5 Å². The zero-order chi connectivity index (χ0) is 45.7. The molecule has 1 amide bonds. The zero-order valence-electron chi connectivity index (χ0n) is 38.8. The van der Waals surface area contributed by atoms with Crippen LogP contribution >= 0.6 is 0 Å². The van der Waals surface area contributed by atoms with Crippen LogP contribution in [0.2, 0.25) is 0 Å². The number of rotatable bonds is 42. The molecular weight excluding hydrogens is 815 g/mol. The van der Waals surface area contributed by atoms with E-state index in [4.69, 9.17) is 9.47 Å². The standard InChI is InChI=1S/C48H91NO12S/c1-3-5-7-9-11-13-15-17-19-20-21-23-24-26-28-30-32-34-36-41(51)40(39-59-48-45(54)46(61-62(56,57)58)44(53)43(38-50)60-48)49-47(55)42(52)37-35-33-31-29-27-25-22-18-16-14-12-10-8-6-4-2/h26,28,34,36,40-46,48,50-54H,3-25,27,29-33,35,37-39H2,1-2H3,(H,49,55)(H,56,57,58)/b28-26+,36-34+. The summed E-state index contributed by atoms with van der Waals surface area (Å²) in [4.78, 5) is 13.1. The van der Waals surface area contributed by atoms with Gasteiger partial charge in [-0.25, -0.2) is 4.18 Å². The van der Waals surface area contributed by atoms with Crippen molar-refractivity contribution >= 4 is 16.3 Å². The first-order valence-corrected chi connectivity index (χ1v) is 26.2. The fourth-order valence-corrected chi connectivity index (χ4v) is 8.40. The van der Waals surface area contributed by atoms with Crippen LogP contribution in [-0.2, 0) is 28.9 Å². The fourth-order valence-electron chi connectivity index (χ4n) is 7.89. The third kappa shape index (κ3) is 30.6. The van der Waals surface area contributed by atoms with Gasteiger partial charge in [-0.1, -0.05) is 205 Å². The average Bonchev–Trinajstić information content (AvgIpc) is 3.24. The van der Waals surface area contributed by atoms with E-state index in [1.165, 1.54) is 147 Å². The van der Waals surface area contributed by atoms with Crippen molar-refractivity contribution in [1.29, 1.82) is 0 Å². The number of hydrogen-bond donors (Lipinski definition) is 7. The number of hydrogen-bond acceptors (Lipinski definition) is 11. The molecular formula is C48H91NO12S. The van der Waals surface area contributed by atoms with Crippen LogP contribution in [0.25, 0.3) is 0 Å². The predicted octanol–water partition coefficient (Wildman–Crippen LogP) is 9.08. The predicted molar refractivity (Wildman–Crippen MR) is 247 cm³/mol. The topological polar surface area (TPSA) is 212 Å². The molecule has 366 valence electrons.